The van der Waals surface area contributed by atoms with Crippen LogP contribution in [0.25, 0.3) is 11.0 Å². The fourth-order valence-corrected chi connectivity index (χ4v) is 5.87. The van der Waals surface area contributed by atoms with Crippen LogP contribution in [0.15, 0.2) is 12.1 Å². The van der Waals surface area contributed by atoms with Crippen LogP contribution in [0.1, 0.15) is 74.7 Å². The maximum atomic E-state index is 13.1. The van der Waals surface area contributed by atoms with Crippen molar-refractivity contribution in [3.05, 3.63) is 17.8 Å². The zero-order chi connectivity index (χ0) is 21.9. The van der Waals surface area contributed by atoms with Gasteiger partial charge in [0, 0.05) is 45.8 Å². The van der Waals surface area contributed by atoms with Gasteiger partial charge in [-0.05, 0) is 50.2 Å². The van der Waals surface area contributed by atoms with Gasteiger partial charge in [-0.25, -0.2) is 9.67 Å². The lowest BCUT2D eigenvalue weighted by Gasteiger charge is -2.26. The first kappa shape index (κ1) is 21.7. The molecule has 3 aliphatic rings. The second-order valence-corrected chi connectivity index (χ2v) is 10.1. The number of nitrogens with one attached hydrogen (secondary N) is 1. The van der Waals surface area contributed by atoms with Crippen molar-refractivity contribution in [1.29, 1.82) is 0 Å². The zero-order valence-electron chi connectivity index (χ0n) is 19.6. The lowest BCUT2D eigenvalue weighted by Crippen LogP contribution is -2.38. The maximum Gasteiger partial charge on any atom is 0.272 e. The van der Waals surface area contributed by atoms with Gasteiger partial charge in [0.15, 0.2) is 11.3 Å². The largest absolute Gasteiger partial charge is 0.357 e. The molecular formula is C25H38N6O. The third-order valence-electron chi connectivity index (χ3n) is 7.67. The van der Waals surface area contributed by atoms with Crippen LogP contribution in [-0.2, 0) is 7.05 Å². The molecule has 0 aromatic carbocycles. The van der Waals surface area contributed by atoms with Gasteiger partial charge in [0.05, 0.1) is 5.39 Å². The molecule has 1 N–H and O–H groups in total. The standard InChI is InChI=1S/C25H38N6O/c1-29-24-21(11-12-22(27-24)31-14-7-2-3-8-15-31)23(28-29)25(32)26-20-13-16-30(18-20)17-19-9-5-4-6-10-19/h11-12,19-20H,2-10,13-18H2,1H3,(H,26,32). The van der Waals surface area contributed by atoms with Gasteiger partial charge in [0.25, 0.3) is 5.91 Å². The van der Waals surface area contributed by atoms with E-state index in [-0.39, 0.29) is 11.9 Å². The molecule has 2 saturated heterocycles. The number of nitrogens with zero attached hydrogens (tertiary/aromatic N) is 5. The second kappa shape index (κ2) is 9.77. The van der Waals surface area contributed by atoms with E-state index in [1.54, 1.807) is 4.68 Å². The van der Waals surface area contributed by atoms with Crippen LogP contribution in [0.4, 0.5) is 5.82 Å². The summed E-state index contributed by atoms with van der Waals surface area (Å²) in [6.07, 6.45) is 13.0. The molecule has 2 aliphatic heterocycles. The number of likely N-dealkylation sites (tertiary alicyclic amines) is 1. The second-order valence-electron chi connectivity index (χ2n) is 10.1. The molecule has 3 fully saturated rings. The first-order valence-corrected chi connectivity index (χ1v) is 12.8. The van der Waals surface area contributed by atoms with Crippen LogP contribution < -0.4 is 10.2 Å². The van der Waals surface area contributed by atoms with Gasteiger partial charge in [-0.15, -0.1) is 0 Å². The Hall–Kier alpha value is -2.15. The minimum Gasteiger partial charge on any atom is -0.357 e. The number of amides is 1. The van der Waals surface area contributed by atoms with E-state index in [4.69, 9.17) is 4.98 Å². The molecule has 4 heterocycles. The zero-order valence-corrected chi connectivity index (χ0v) is 19.6. The number of aryl methyl sites for hydroxylation is 1. The fraction of sp³-hybridized carbons (Fsp3) is 0.720. The molecule has 1 aliphatic carbocycles. The highest BCUT2D eigenvalue weighted by molar-refractivity contribution is 6.04. The van der Waals surface area contributed by atoms with Crippen molar-refractivity contribution >= 4 is 22.8 Å². The van der Waals surface area contributed by atoms with E-state index >= 15 is 0 Å². The van der Waals surface area contributed by atoms with Gasteiger partial charge in [-0.3, -0.25) is 4.79 Å². The van der Waals surface area contributed by atoms with Crippen LogP contribution in [-0.4, -0.2) is 64.3 Å². The fourth-order valence-electron chi connectivity index (χ4n) is 5.87. The molecule has 0 bridgehead atoms. The van der Waals surface area contributed by atoms with Crippen LogP contribution in [0.5, 0.6) is 0 Å². The molecule has 7 nitrogen and oxygen atoms in total. The minimum absolute atomic E-state index is 0.0653. The monoisotopic (exact) mass is 438 g/mol. The summed E-state index contributed by atoms with van der Waals surface area (Å²) in [7, 11) is 1.89. The molecule has 1 unspecified atom stereocenters. The van der Waals surface area contributed by atoms with E-state index in [9.17, 15) is 4.79 Å². The number of hydrogen-bond donors (Lipinski definition) is 1. The number of carbonyl (C=O) groups excluding carboxylic acids is 1. The van der Waals surface area contributed by atoms with Crippen LogP contribution in [0.2, 0.25) is 0 Å². The number of carbonyl (C=O) groups is 1. The van der Waals surface area contributed by atoms with Gasteiger partial charge >= 0.3 is 0 Å². The van der Waals surface area contributed by atoms with E-state index in [1.807, 2.05) is 13.1 Å². The van der Waals surface area contributed by atoms with Crippen molar-refractivity contribution in [1.82, 2.24) is 25.0 Å². The number of aromatic nitrogens is 3. The van der Waals surface area contributed by atoms with Gasteiger partial charge in [0.2, 0.25) is 0 Å². The molecule has 1 saturated carbocycles. The first-order chi connectivity index (χ1) is 15.7. The molecule has 2 aromatic heterocycles. The van der Waals surface area contributed by atoms with Gasteiger partial charge < -0.3 is 15.1 Å². The average Bonchev–Trinajstić information content (AvgIpc) is 3.26. The lowest BCUT2D eigenvalue weighted by molar-refractivity contribution is 0.0933. The highest BCUT2D eigenvalue weighted by Gasteiger charge is 2.28. The third-order valence-corrected chi connectivity index (χ3v) is 7.67. The van der Waals surface area contributed by atoms with Crippen molar-refractivity contribution in [2.75, 3.05) is 37.6 Å². The smallest absolute Gasteiger partial charge is 0.272 e. The number of rotatable bonds is 5. The average molecular weight is 439 g/mol. The van der Waals surface area contributed by atoms with Crippen molar-refractivity contribution in [2.24, 2.45) is 13.0 Å². The van der Waals surface area contributed by atoms with Gasteiger partial charge in [0.1, 0.15) is 5.82 Å². The molecule has 2 aromatic rings. The minimum atomic E-state index is -0.0653. The Morgan fingerprint density at radius 1 is 1.00 bits per heavy atom. The number of pyridine rings is 1. The Labute approximate surface area is 191 Å². The predicted octanol–water partition coefficient (Wildman–Crippen LogP) is 3.73. The van der Waals surface area contributed by atoms with Crippen LogP contribution in [0, 0.1) is 5.92 Å². The molecule has 32 heavy (non-hydrogen) atoms. The maximum absolute atomic E-state index is 13.1. The van der Waals surface area contributed by atoms with Crippen molar-refractivity contribution in [3.8, 4) is 0 Å². The molecule has 0 spiro atoms. The summed E-state index contributed by atoms with van der Waals surface area (Å²) < 4.78 is 1.76. The summed E-state index contributed by atoms with van der Waals surface area (Å²) in [5, 5.41) is 8.67. The molecular weight excluding hydrogens is 400 g/mol. The molecule has 1 atom stereocenters. The first-order valence-electron chi connectivity index (χ1n) is 12.8. The van der Waals surface area contributed by atoms with E-state index < -0.39 is 0 Å². The summed E-state index contributed by atoms with van der Waals surface area (Å²) in [4.78, 5) is 22.9. The summed E-state index contributed by atoms with van der Waals surface area (Å²) in [5.41, 5.74) is 1.30. The van der Waals surface area contributed by atoms with Gasteiger partial charge in [-0.1, -0.05) is 32.1 Å². The summed E-state index contributed by atoms with van der Waals surface area (Å²) in [6.45, 7) is 5.36. The molecule has 0 radical (unpaired) electrons. The van der Waals surface area contributed by atoms with E-state index in [1.165, 1.54) is 64.3 Å². The van der Waals surface area contributed by atoms with Crippen molar-refractivity contribution < 1.29 is 4.79 Å². The molecule has 5 rings (SSSR count). The highest BCUT2D eigenvalue weighted by atomic mass is 16.2. The molecule has 7 heteroatoms. The number of anilines is 1. The summed E-state index contributed by atoms with van der Waals surface area (Å²) in [6, 6.07) is 4.31. The quantitative estimate of drug-likeness (QED) is 0.770. The number of hydrogen-bond acceptors (Lipinski definition) is 5. The topological polar surface area (TPSA) is 66.3 Å². The van der Waals surface area contributed by atoms with Crippen LogP contribution >= 0.6 is 0 Å². The van der Waals surface area contributed by atoms with Crippen molar-refractivity contribution in [3.63, 3.8) is 0 Å². The normalized spacial score (nSPS) is 23.5. The van der Waals surface area contributed by atoms with Crippen LogP contribution in [0.3, 0.4) is 0 Å². The Balaban J connectivity index is 1.23. The third kappa shape index (κ3) is 4.77. The number of fused-ring (bicyclic) bond motifs is 1. The predicted molar refractivity (Wildman–Crippen MR) is 128 cm³/mol. The van der Waals surface area contributed by atoms with Crippen molar-refractivity contribution in [2.45, 2.75) is 70.3 Å². The van der Waals surface area contributed by atoms with E-state index in [2.05, 4.69) is 26.3 Å². The Morgan fingerprint density at radius 2 is 1.75 bits per heavy atom. The van der Waals surface area contributed by atoms with E-state index in [0.29, 0.717) is 5.69 Å². The summed E-state index contributed by atoms with van der Waals surface area (Å²) >= 11 is 0. The lowest BCUT2D eigenvalue weighted by atomic mass is 9.89. The van der Waals surface area contributed by atoms with Gasteiger partial charge in [-0.2, -0.15) is 5.10 Å². The van der Waals surface area contributed by atoms with E-state index in [0.717, 1.165) is 55.4 Å². The molecule has 1 amide bonds. The SMILES string of the molecule is Cn1nc(C(=O)NC2CCN(CC3CCCCC3)C2)c2ccc(N3CCCCCC3)nc21. The highest BCUT2D eigenvalue weighted by Crippen LogP contribution is 2.26. The summed E-state index contributed by atoms with van der Waals surface area (Å²) in [5.74, 6) is 1.79. The Bertz CT molecular complexity index is 926. The Morgan fingerprint density at radius 3 is 2.53 bits per heavy atom. The Kier molecular flexibility index (Phi) is 6.62. The molecule has 174 valence electrons.